The summed E-state index contributed by atoms with van der Waals surface area (Å²) < 4.78 is 44.6. The molecule has 11 heteroatoms. The smallest absolute Gasteiger partial charge is 0.432 e. The Morgan fingerprint density at radius 1 is 1.13 bits per heavy atom. The van der Waals surface area contributed by atoms with Gasteiger partial charge in [0.25, 0.3) is 0 Å². The van der Waals surface area contributed by atoms with Gasteiger partial charge in [-0.15, -0.1) is 5.06 Å². The molecule has 0 bridgehead atoms. The molecule has 0 saturated carbocycles. The van der Waals surface area contributed by atoms with Crippen LogP contribution >= 0.6 is 0 Å². The fraction of sp³-hybridized carbons (Fsp3) is 0.300. The van der Waals surface area contributed by atoms with E-state index in [0.717, 1.165) is 17.0 Å². The highest BCUT2D eigenvalue weighted by molar-refractivity contribution is 5.96. The standard InChI is InChI=1S/C20H20F3N5O3/c1-30-17-7-6-13(12-15(17)20(21,22)23)27-8-10-28(11-9-27)31-19(29)24-18-14-4-2-3-5-16(14)25-26-18/h2-7,12H,8-11H2,1H3,(H2,24,25,26,29). The molecule has 0 unspecified atom stereocenters. The second kappa shape index (κ2) is 8.34. The average molecular weight is 435 g/mol. The predicted molar refractivity (Wildman–Crippen MR) is 108 cm³/mol. The lowest BCUT2D eigenvalue weighted by Crippen LogP contribution is -2.47. The van der Waals surface area contributed by atoms with Gasteiger partial charge in [0.2, 0.25) is 0 Å². The Kier molecular flexibility index (Phi) is 5.59. The van der Waals surface area contributed by atoms with E-state index in [0.29, 0.717) is 37.7 Å². The van der Waals surface area contributed by atoms with Crippen LogP contribution in [0.4, 0.5) is 29.5 Å². The molecule has 3 aromatic rings. The molecule has 1 saturated heterocycles. The lowest BCUT2D eigenvalue weighted by molar-refractivity contribution is -0.138. The van der Waals surface area contributed by atoms with Crippen molar-refractivity contribution in [1.29, 1.82) is 0 Å². The van der Waals surface area contributed by atoms with Crippen LogP contribution in [0.3, 0.4) is 0 Å². The highest BCUT2D eigenvalue weighted by Crippen LogP contribution is 2.38. The van der Waals surface area contributed by atoms with Crippen LogP contribution in [-0.4, -0.2) is 54.6 Å². The van der Waals surface area contributed by atoms with Crippen LogP contribution in [-0.2, 0) is 11.0 Å². The number of amides is 1. The maximum absolute atomic E-state index is 13.3. The van der Waals surface area contributed by atoms with E-state index in [1.165, 1.54) is 18.2 Å². The van der Waals surface area contributed by atoms with Crippen molar-refractivity contribution in [2.75, 3.05) is 43.5 Å². The molecule has 8 nitrogen and oxygen atoms in total. The molecule has 0 aliphatic carbocycles. The number of nitrogens with one attached hydrogen (secondary N) is 2. The molecule has 31 heavy (non-hydrogen) atoms. The fourth-order valence-corrected chi connectivity index (χ4v) is 3.45. The molecule has 0 radical (unpaired) electrons. The normalized spacial score (nSPS) is 15.2. The molecule has 1 aliphatic rings. The summed E-state index contributed by atoms with van der Waals surface area (Å²) in [4.78, 5) is 19.3. The summed E-state index contributed by atoms with van der Waals surface area (Å²) in [6, 6.07) is 11.3. The maximum Gasteiger partial charge on any atom is 0.432 e. The summed E-state index contributed by atoms with van der Waals surface area (Å²) in [6.45, 7) is 1.45. The Bertz CT molecular complexity index is 1080. The SMILES string of the molecule is COc1ccc(N2CCN(OC(=O)Nc3n[nH]c4ccccc34)CC2)cc1C(F)(F)F. The van der Waals surface area contributed by atoms with Crippen molar-refractivity contribution in [3.05, 3.63) is 48.0 Å². The second-order valence-corrected chi connectivity index (χ2v) is 6.92. The summed E-state index contributed by atoms with van der Waals surface area (Å²) in [7, 11) is 1.21. The van der Waals surface area contributed by atoms with Crippen LogP contribution in [0.15, 0.2) is 42.5 Å². The number of hydroxylamine groups is 2. The largest absolute Gasteiger partial charge is 0.496 e. The molecular formula is C20H20F3N5O3. The van der Waals surface area contributed by atoms with E-state index in [1.807, 2.05) is 24.3 Å². The monoisotopic (exact) mass is 435 g/mol. The summed E-state index contributed by atoms with van der Waals surface area (Å²) in [6.07, 6.45) is -5.20. The van der Waals surface area contributed by atoms with Crippen molar-refractivity contribution in [3.63, 3.8) is 0 Å². The number of carbonyl (C=O) groups is 1. The van der Waals surface area contributed by atoms with E-state index in [4.69, 9.17) is 9.57 Å². The lowest BCUT2D eigenvalue weighted by Gasteiger charge is -2.35. The Labute approximate surface area is 175 Å². The minimum Gasteiger partial charge on any atom is -0.496 e. The molecule has 2 heterocycles. The van der Waals surface area contributed by atoms with E-state index in [-0.39, 0.29) is 5.75 Å². The average Bonchev–Trinajstić information content (AvgIpc) is 3.16. The van der Waals surface area contributed by atoms with E-state index >= 15 is 0 Å². The first kappa shape index (κ1) is 20.8. The molecule has 164 valence electrons. The molecule has 2 N–H and O–H groups in total. The van der Waals surface area contributed by atoms with Crippen LogP contribution < -0.4 is 15.0 Å². The number of aromatic amines is 1. The zero-order chi connectivity index (χ0) is 22.0. The number of H-pyrrole nitrogens is 1. The van der Waals surface area contributed by atoms with Gasteiger partial charge in [-0.1, -0.05) is 12.1 Å². The van der Waals surface area contributed by atoms with Crippen molar-refractivity contribution < 1.29 is 27.5 Å². The number of alkyl halides is 3. The third-order valence-electron chi connectivity index (χ3n) is 5.00. The number of benzene rings is 2. The van der Waals surface area contributed by atoms with Gasteiger partial charge in [0, 0.05) is 24.2 Å². The van der Waals surface area contributed by atoms with Gasteiger partial charge in [-0.25, -0.2) is 4.79 Å². The van der Waals surface area contributed by atoms with Crippen LogP contribution in [0.25, 0.3) is 10.9 Å². The number of fused-ring (bicyclic) bond motifs is 1. The molecule has 1 aliphatic heterocycles. The number of carbonyl (C=O) groups excluding carboxylic acids is 1. The van der Waals surface area contributed by atoms with Gasteiger partial charge in [-0.3, -0.25) is 10.4 Å². The Morgan fingerprint density at radius 2 is 1.87 bits per heavy atom. The first-order chi connectivity index (χ1) is 14.8. The number of halogens is 3. The zero-order valence-corrected chi connectivity index (χ0v) is 16.6. The first-order valence-corrected chi connectivity index (χ1v) is 9.52. The van der Waals surface area contributed by atoms with Crippen molar-refractivity contribution >= 4 is 28.5 Å². The minimum absolute atomic E-state index is 0.221. The number of ether oxygens (including phenoxy) is 1. The number of hydrogen-bond donors (Lipinski definition) is 2. The number of methoxy groups -OCH3 is 1. The predicted octanol–water partition coefficient (Wildman–Crippen LogP) is 3.88. The highest BCUT2D eigenvalue weighted by atomic mass is 19.4. The number of para-hydroxylation sites is 1. The van der Waals surface area contributed by atoms with Crippen molar-refractivity contribution in [2.24, 2.45) is 0 Å². The summed E-state index contributed by atoms with van der Waals surface area (Å²) in [5, 5.41) is 11.7. The summed E-state index contributed by atoms with van der Waals surface area (Å²) in [5.41, 5.74) is 0.390. The topological polar surface area (TPSA) is 82.7 Å². The Morgan fingerprint density at radius 3 is 2.58 bits per heavy atom. The van der Waals surface area contributed by atoms with Crippen LogP contribution in [0.5, 0.6) is 5.75 Å². The van der Waals surface area contributed by atoms with Gasteiger partial charge in [-0.2, -0.15) is 18.3 Å². The van der Waals surface area contributed by atoms with Gasteiger partial charge >= 0.3 is 12.3 Å². The molecule has 1 fully saturated rings. The number of rotatable bonds is 4. The van der Waals surface area contributed by atoms with Crippen LogP contribution in [0.2, 0.25) is 0 Å². The van der Waals surface area contributed by atoms with Gasteiger partial charge in [0.1, 0.15) is 5.75 Å². The molecular weight excluding hydrogens is 415 g/mol. The fourth-order valence-electron chi connectivity index (χ4n) is 3.45. The lowest BCUT2D eigenvalue weighted by atomic mass is 10.1. The van der Waals surface area contributed by atoms with Gasteiger partial charge in [-0.05, 0) is 30.3 Å². The summed E-state index contributed by atoms with van der Waals surface area (Å²) >= 11 is 0. The van der Waals surface area contributed by atoms with E-state index in [9.17, 15) is 18.0 Å². The van der Waals surface area contributed by atoms with E-state index in [1.54, 1.807) is 11.0 Å². The molecule has 1 amide bonds. The van der Waals surface area contributed by atoms with Crippen LogP contribution in [0, 0.1) is 0 Å². The van der Waals surface area contributed by atoms with Crippen molar-refractivity contribution in [2.45, 2.75) is 6.18 Å². The number of nitrogens with zero attached hydrogens (tertiary/aromatic N) is 3. The molecule has 1 aromatic heterocycles. The van der Waals surface area contributed by atoms with E-state index in [2.05, 4.69) is 15.5 Å². The summed E-state index contributed by atoms with van der Waals surface area (Å²) in [5.74, 6) is 0.137. The van der Waals surface area contributed by atoms with Gasteiger partial charge in [0.05, 0.1) is 31.3 Å². The molecule has 4 rings (SSSR count). The number of anilines is 2. The number of piperazine rings is 1. The van der Waals surface area contributed by atoms with Gasteiger partial charge < -0.3 is 14.5 Å². The highest BCUT2D eigenvalue weighted by Gasteiger charge is 2.35. The molecule has 0 spiro atoms. The van der Waals surface area contributed by atoms with Crippen LogP contribution in [0.1, 0.15) is 5.56 Å². The quantitative estimate of drug-likeness (QED) is 0.647. The zero-order valence-electron chi connectivity index (χ0n) is 16.6. The molecule has 2 aromatic carbocycles. The van der Waals surface area contributed by atoms with E-state index < -0.39 is 17.8 Å². The van der Waals surface area contributed by atoms with Crippen molar-refractivity contribution in [3.8, 4) is 5.75 Å². The Balaban J connectivity index is 1.35. The van der Waals surface area contributed by atoms with Crippen molar-refractivity contribution in [1.82, 2.24) is 15.3 Å². The number of hydrogen-bond acceptors (Lipinski definition) is 6. The second-order valence-electron chi connectivity index (χ2n) is 6.92. The minimum atomic E-state index is -4.51. The van der Waals surface area contributed by atoms with Gasteiger partial charge in [0.15, 0.2) is 5.82 Å². The maximum atomic E-state index is 13.3. The third-order valence-corrected chi connectivity index (χ3v) is 5.00. The Hall–Kier alpha value is -3.47. The molecule has 0 atom stereocenters. The first-order valence-electron chi connectivity index (χ1n) is 9.52. The third kappa shape index (κ3) is 4.50. The number of aromatic nitrogens is 2.